The predicted molar refractivity (Wildman–Crippen MR) is 114 cm³/mol. The highest BCUT2D eigenvalue weighted by Crippen LogP contribution is 2.11. The Labute approximate surface area is 164 Å². The fourth-order valence-corrected chi connectivity index (χ4v) is 4.94. The van der Waals surface area contributed by atoms with Crippen molar-refractivity contribution in [2.75, 3.05) is 26.8 Å². The molecule has 0 spiro atoms. The third kappa shape index (κ3) is 15.8. The van der Waals surface area contributed by atoms with E-state index in [-0.39, 0.29) is 0 Å². The molecule has 5 heteroatoms. The molecule has 0 aromatic heterocycles. The molecule has 0 aliphatic heterocycles. The number of rotatable bonds is 19. The lowest BCUT2D eigenvalue weighted by atomic mass is 10.1. The highest BCUT2D eigenvalue weighted by Gasteiger charge is 2.12. The Balaban J connectivity index is 3.56. The Bertz CT molecular complexity index is 310. The third-order valence-corrected chi connectivity index (χ3v) is 7.10. The van der Waals surface area contributed by atoms with Gasteiger partial charge in [-0.1, -0.05) is 58.3 Å². The van der Waals surface area contributed by atoms with E-state index in [9.17, 15) is 4.79 Å². The molecule has 0 N–H and O–H groups in total. The van der Waals surface area contributed by atoms with Gasteiger partial charge in [-0.05, 0) is 39.2 Å². The Morgan fingerprint density at radius 1 is 0.769 bits per heavy atom. The number of carbonyl (C=O) groups is 1. The maximum absolute atomic E-state index is 12.2. The van der Waals surface area contributed by atoms with Crippen LogP contribution in [0.5, 0.6) is 0 Å². The zero-order chi connectivity index (χ0) is 19.5. The van der Waals surface area contributed by atoms with E-state index in [0.717, 1.165) is 45.1 Å². The molecule has 0 aliphatic rings. The molecule has 0 saturated heterocycles. The summed E-state index contributed by atoms with van der Waals surface area (Å²) in [6, 6.07) is 1.04. The summed E-state index contributed by atoms with van der Waals surface area (Å²) in [4.78, 5) is 14.1. The van der Waals surface area contributed by atoms with Crippen molar-refractivity contribution in [3.05, 3.63) is 0 Å². The van der Waals surface area contributed by atoms with E-state index < -0.39 is 9.28 Å². The second-order valence-electron chi connectivity index (χ2n) is 7.23. The van der Waals surface area contributed by atoms with Crippen LogP contribution in [0.25, 0.3) is 0 Å². The van der Waals surface area contributed by atoms with Gasteiger partial charge in [0.25, 0.3) is 0 Å². The molecule has 26 heavy (non-hydrogen) atoms. The van der Waals surface area contributed by atoms with Gasteiger partial charge in [0, 0.05) is 33.2 Å². The summed E-state index contributed by atoms with van der Waals surface area (Å²) in [7, 11) is 0.476. The van der Waals surface area contributed by atoms with E-state index in [0.29, 0.717) is 12.3 Å². The smallest absolute Gasteiger partial charge is 0.321 e. The van der Waals surface area contributed by atoms with Gasteiger partial charge >= 0.3 is 9.28 Å². The van der Waals surface area contributed by atoms with Crippen LogP contribution in [0.4, 0.5) is 0 Å². The molecule has 0 aromatic carbocycles. The SMILES string of the molecule is CCCCCCCCCCCC(=O)N(C)CCCC[SiH](OCC)OCC. The van der Waals surface area contributed by atoms with E-state index in [1.165, 1.54) is 51.4 Å². The van der Waals surface area contributed by atoms with Crippen molar-refractivity contribution in [3.63, 3.8) is 0 Å². The topological polar surface area (TPSA) is 38.8 Å². The van der Waals surface area contributed by atoms with Gasteiger partial charge in [0.05, 0.1) is 0 Å². The summed E-state index contributed by atoms with van der Waals surface area (Å²) < 4.78 is 11.4. The molecule has 0 radical (unpaired) electrons. The van der Waals surface area contributed by atoms with Crippen LogP contribution in [-0.4, -0.2) is 46.9 Å². The Morgan fingerprint density at radius 3 is 1.85 bits per heavy atom. The van der Waals surface area contributed by atoms with Crippen LogP contribution in [0.15, 0.2) is 0 Å². The van der Waals surface area contributed by atoms with Crippen molar-refractivity contribution in [3.8, 4) is 0 Å². The van der Waals surface area contributed by atoms with Gasteiger partial charge in [0.15, 0.2) is 0 Å². The average molecular weight is 388 g/mol. The lowest BCUT2D eigenvalue weighted by Gasteiger charge is -2.18. The lowest BCUT2D eigenvalue weighted by Crippen LogP contribution is -2.28. The van der Waals surface area contributed by atoms with Crippen molar-refractivity contribution in [2.24, 2.45) is 0 Å². The molecule has 0 heterocycles. The van der Waals surface area contributed by atoms with Crippen LogP contribution >= 0.6 is 0 Å². The largest absolute Gasteiger partial charge is 0.397 e. The molecule has 0 unspecified atom stereocenters. The van der Waals surface area contributed by atoms with Crippen LogP contribution < -0.4 is 0 Å². The minimum atomic E-state index is -1.46. The van der Waals surface area contributed by atoms with Gasteiger partial charge in [-0.3, -0.25) is 4.79 Å². The molecular weight excluding hydrogens is 342 g/mol. The molecule has 0 saturated carbocycles. The summed E-state index contributed by atoms with van der Waals surface area (Å²) in [6.07, 6.45) is 14.5. The van der Waals surface area contributed by atoms with Crippen molar-refractivity contribution in [1.82, 2.24) is 4.90 Å². The minimum Gasteiger partial charge on any atom is -0.397 e. The molecule has 0 atom stereocenters. The summed E-state index contributed by atoms with van der Waals surface area (Å²) in [5.41, 5.74) is 0. The van der Waals surface area contributed by atoms with Crippen molar-refractivity contribution in [1.29, 1.82) is 0 Å². The quantitative estimate of drug-likeness (QED) is 0.219. The van der Waals surface area contributed by atoms with Crippen LogP contribution in [0.2, 0.25) is 6.04 Å². The fraction of sp³-hybridized carbons (Fsp3) is 0.952. The van der Waals surface area contributed by atoms with E-state index in [1.807, 2.05) is 25.8 Å². The molecular formula is C21H45NO3Si. The number of amides is 1. The standard InChI is InChI=1S/C21H45NO3Si/c1-5-8-9-10-11-12-13-14-15-18-21(23)22(4)19-16-17-20-26(24-6-2)25-7-3/h26H,5-20H2,1-4H3. The molecule has 0 bridgehead atoms. The monoisotopic (exact) mass is 387 g/mol. The number of hydrogen-bond acceptors (Lipinski definition) is 3. The first-order chi connectivity index (χ1) is 12.7. The van der Waals surface area contributed by atoms with Gasteiger partial charge in [0.1, 0.15) is 0 Å². The molecule has 0 fully saturated rings. The summed E-state index contributed by atoms with van der Waals surface area (Å²) in [5.74, 6) is 0.302. The van der Waals surface area contributed by atoms with E-state index in [4.69, 9.17) is 8.85 Å². The van der Waals surface area contributed by atoms with E-state index >= 15 is 0 Å². The van der Waals surface area contributed by atoms with Crippen molar-refractivity contribution < 1.29 is 13.6 Å². The van der Waals surface area contributed by atoms with Crippen LogP contribution in [0.3, 0.4) is 0 Å². The Hall–Kier alpha value is -0.393. The number of nitrogens with zero attached hydrogens (tertiary/aromatic N) is 1. The molecule has 156 valence electrons. The second kappa shape index (κ2) is 19.4. The number of carbonyl (C=O) groups excluding carboxylic acids is 1. The van der Waals surface area contributed by atoms with E-state index in [1.54, 1.807) is 0 Å². The molecule has 0 rings (SSSR count). The first-order valence-electron chi connectivity index (χ1n) is 11.1. The zero-order valence-electron chi connectivity index (χ0n) is 18.1. The number of unbranched alkanes of at least 4 members (excludes halogenated alkanes) is 9. The highest BCUT2D eigenvalue weighted by molar-refractivity contribution is 6.44. The summed E-state index contributed by atoms with van der Waals surface area (Å²) in [6.45, 7) is 8.65. The average Bonchev–Trinajstić information content (AvgIpc) is 2.63. The Kier molecular flexibility index (Phi) is 19.1. The molecule has 1 amide bonds. The van der Waals surface area contributed by atoms with Crippen molar-refractivity contribution >= 4 is 15.2 Å². The Morgan fingerprint density at radius 2 is 1.31 bits per heavy atom. The van der Waals surface area contributed by atoms with Crippen molar-refractivity contribution in [2.45, 2.75) is 104 Å². The first kappa shape index (κ1) is 25.6. The predicted octanol–water partition coefficient (Wildman–Crippen LogP) is 5.44. The molecule has 0 aliphatic carbocycles. The maximum Gasteiger partial charge on any atom is 0.321 e. The zero-order valence-corrected chi connectivity index (χ0v) is 19.2. The third-order valence-electron chi connectivity index (χ3n) is 4.81. The summed E-state index contributed by atoms with van der Waals surface area (Å²) >= 11 is 0. The molecule has 0 aromatic rings. The van der Waals surface area contributed by atoms with Crippen LogP contribution in [0, 0.1) is 0 Å². The second-order valence-corrected chi connectivity index (χ2v) is 9.33. The normalized spacial score (nSPS) is 11.3. The van der Waals surface area contributed by atoms with Crippen LogP contribution in [-0.2, 0) is 13.6 Å². The first-order valence-corrected chi connectivity index (χ1v) is 12.9. The summed E-state index contributed by atoms with van der Waals surface area (Å²) in [5, 5.41) is 0. The lowest BCUT2D eigenvalue weighted by molar-refractivity contribution is -0.130. The minimum absolute atomic E-state index is 0.302. The molecule has 4 nitrogen and oxygen atoms in total. The van der Waals surface area contributed by atoms with Gasteiger partial charge in [-0.25, -0.2) is 0 Å². The van der Waals surface area contributed by atoms with Gasteiger partial charge in [0.2, 0.25) is 5.91 Å². The van der Waals surface area contributed by atoms with Gasteiger partial charge in [-0.15, -0.1) is 0 Å². The number of hydrogen-bond donors (Lipinski definition) is 0. The van der Waals surface area contributed by atoms with Gasteiger partial charge in [-0.2, -0.15) is 0 Å². The maximum atomic E-state index is 12.2. The van der Waals surface area contributed by atoms with Gasteiger partial charge < -0.3 is 13.8 Å². The van der Waals surface area contributed by atoms with Crippen LogP contribution in [0.1, 0.15) is 97.8 Å². The highest BCUT2D eigenvalue weighted by atomic mass is 28.3. The fourth-order valence-electron chi connectivity index (χ4n) is 3.15. The van der Waals surface area contributed by atoms with E-state index in [2.05, 4.69) is 6.92 Å².